The Labute approximate surface area is 90.0 Å². The molecule has 0 spiro atoms. The van der Waals surface area contributed by atoms with E-state index in [1.807, 2.05) is 6.92 Å². The number of nitrogens with one attached hydrogen (secondary N) is 1. The smallest absolute Gasteiger partial charge is 0.251 e. The summed E-state index contributed by atoms with van der Waals surface area (Å²) in [7, 11) is 0. The molecule has 0 aliphatic rings. The fraction of sp³-hybridized carbons (Fsp3) is 0.250. The van der Waals surface area contributed by atoms with Crippen LogP contribution in [0.5, 0.6) is 0 Å². The van der Waals surface area contributed by atoms with Crippen LogP contribution < -0.4 is 11.1 Å². The van der Waals surface area contributed by atoms with Crippen molar-refractivity contribution in [3.8, 4) is 0 Å². The zero-order valence-electron chi connectivity index (χ0n) is 8.92. The van der Waals surface area contributed by atoms with Gasteiger partial charge in [-0.2, -0.15) is 0 Å². The van der Waals surface area contributed by atoms with E-state index in [0.717, 1.165) is 12.0 Å². The fourth-order valence-corrected chi connectivity index (χ4v) is 1.32. The van der Waals surface area contributed by atoms with Gasteiger partial charge in [0, 0.05) is 17.8 Å². The second-order valence-corrected chi connectivity index (χ2v) is 3.41. The minimum Gasteiger partial charge on any atom is -0.399 e. The van der Waals surface area contributed by atoms with Gasteiger partial charge < -0.3 is 11.1 Å². The average Bonchev–Trinajstić information content (AvgIpc) is 2.17. The summed E-state index contributed by atoms with van der Waals surface area (Å²) in [4.78, 5) is 11.7. The van der Waals surface area contributed by atoms with Gasteiger partial charge in [0.05, 0.1) is 0 Å². The third kappa shape index (κ3) is 3.13. The molecule has 0 fully saturated rings. The van der Waals surface area contributed by atoms with E-state index in [4.69, 9.17) is 5.73 Å². The number of carbonyl (C=O) groups excluding carboxylic acids is 1. The highest BCUT2D eigenvalue weighted by atomic mass is 16.1. The number of hydrogen-bond donors (Lipinski definition) is 2. The summed E-state index contributed by atoms with van der Waals surface area (Å²) in [5.74, 6) is -0.0608. The fourth-order valence-electron chi connectivity index (χ4n) is 1.32. The van der Waals surface area contributed by atoms with Gasteiger partial charge in [0.15, 0.2) is 0 Å². The summed E-state index contributed by atoms with van der Waals surface area (Å²) >= 11 is 0. The highest BCUT2D eigenvalue weighted by Crippen LogP contribution is 2.12. The van der Waals surface area contributed by atoms with Crippen LogP contribution in [0.25, 0.3) is 0 Å². The summed E-state index contributed by atoms with van der Waals surface area (Å²) in [5.41, 5.74) is 7.85. The second-order valence-electron chi connectivity index (χ2n) is 3.41. The van der Waals surface area contributed by atoms with Crippen molar-refractivity contribution in [3.63, 3.8) is 0 Å². The first-order valence-electron chi connectivity index (χ1n) is 4.90. The van der Waals surface area contributed by atoms with E-state index in [2.05, 4.69) is 11.9 Å². The van der Waals surface area contributed by atoms with E-state index in [0.29, 0.717) is 17.8 Å². The van der Waals surface area contributed by atoms with Crippen molar-refractivity contribution >= 4 is 11.6 Å². The first-order valence-corrected chi connectivity index (χ1v) is 4.90. The molecular formula is C12H16N2O. The van der Waals surface area contributed by atoms with Crippen LogP contribution in [0.1, 0.15) is 22.3 Å². The maximum atomic E-state index is 11.7. The van der Waals surface area contributed by atoms with Gasteiger partial charge in [0.1, 0.15) is 0 Å². The molecule has 0 unspecified atom stereocenters. The maximum absolute atomic E-state index is 11.7. The normalized spacial score (nSPS) is 9.67. The Hall–Kier alpha value is -1.77. The topological polar surface area (TPSA) is 55.1 Å². The van der Waals surface area contributed by atoms with Crippen molar-refractivity contribution < 1.29 is 4.79 Å². The molecule has 15 heavy (non-hydrogen) atoms. The van der Waals surface area contributed by atoms with Gasteiger partial charge in [0.25, 0.3) is 5.91 Å². The first kappa shape index (κ1) is 11.3. The summed E-state index contributed by atoms with van der Waals surface area (Å²) in [6.07, 6.45) is 2.55. The van der Waals surface area contributed by atoms with Crippen LogP contribution >= 0.6 is 0 Å². The highest BCUT2D eigenvalue weighted by molar-refractivity contribution is 5.95. The van der Waals surface area contributed by atoms with Crippen molar-refractivity contribution in [2.24, 2.45) is 0 Å². The molecule has 0 aliphatic carbocycles. The standard InChI is InChI=1S/C12H16N2O/c1-3-4-7-14-12(15)11-6-5-10(13)8-9(11)2/h3,5-6,8H,1,4,7,13H2,2H3,(H,14,15). The van der Waals surface area contributed by atoms with Crippen molar-refractivity contribution in [2.75, 3.05) is 12.3 Å². The lowest BCUT2D eigenvalue weighted by Gasteiger charge is -2.07. The van der Waals surface area contributed by atoms with Crippen LogP contribution in [0.15, 0.2) is 30.9 Å². The molecule has 0 radical (unpaired) electrons. The van der Waals surface area contributed by atoms with Crippen LogP contribution in [-0.2, 0) is 0 Å². The second kappa shape index (κ2) is 5.20. The third-order valence-electron chi connectivity index (χ3n) is 2.13. The Morgan fingerprint density at radius 2 is 2.33 bits per heavy atom. The van der Waals surface area contributed by atoms with Crippen LogP contribution in [0.3, 0.4) is 0 Å². The lowest BCUT2D eigenvalue weighted by molar-refractivity contribution is 0.0954. The van der Waals surface area contributed by atoms with Crippen molar-refractivity contribution in [1.29, 1.82) is 0 Å². The van der Waals surface area contributed by atoms with Crippen molar-refractivity contribution in [3.05, 3.63) is 42.0 Å². The van der Waals surface area contributed by atoms with Gasteiger partial charge >= 0.3 is 0 Å². The van der Waals surface area contributed by atoms with E-state index < -0.39 is 0 Å². The Morgan fingerprint density at radius 3 is 2.93 bits per heavy atom. The monoisotopic (exact) mass is 204 g/mol. The highest BCUT2D eigenvalue weighted by Gasteiger charge is 2.07. The SMILES string of the molecule is C=CCCNC(=O)c1ccc(N)cc1C. The van der Waals surface area contributed by atoms with E-state index in [1.165, 1.54) is 0 Å². The zero-order valence-corrected chi connectivity index (χ0v) is 8.92. The molecule has 3 nitrogen and oxygen atoms in total. The maximum Gasteiger partial charge on any atom is 0.251 e. The average molecular weight is 204 g/mol. The number of hydrogen-bond acceptors (Lipinski definition) is 2. The van der Waals surface area contributed by atoms with Crippen LogP contribution in [0.2, 0.25) is 0 Å². The van der Waals surface area contributed by atoms with E-state index in [9.17, 15) is 4.79 Å². The summed E-state index contributed by atoms with van der Waals surface area (Å²) in [6.45, 7) is 6.08. The Kier molecular flexibility index (Phi) is 3.92. The summed E-state index contributed by atoms with van der Waals surface area (Å²) < 4.78 is 0. The molecule has 1 amide bonds. The largest absolute Gasteiger partial charge is 0.399 e. The molecule has 3 N–H and O–H groups in total. The molecule has 0 saturated carbocycles. The molecule has 0 aliphatic heterocycles. The van der Waals surface area contributed by atoms with Crippen LogP contribution in [-0.4, -0.2) is 12.5 Å². The molecule has 1 aromatic carbocycles. The number of benzene rings is 1. The van der Waals surface area contributed by atoms with Gasteiger partial charge in [0.2, 0.25) is 0 Å². The molecule has 80 valence electrons. The summed E-state index contributed by atoms with van der Waals surface area (Å²) in [5, 5.41) is 2.81. The lowest BCUT2D eigenvalue weighted by atomic mass is 10.1. The first-order chi connectivity index (χ1) is 7.15. The van der Waals surface area contributed by atoms with Crippen molar-refractivity contribution in [1.82, 2.24) is 5.32 Å². The Morgan fingerprint density at radius 1 is 1.60 bits per heavy atom. The van der Waals surface area contributed by atoms with Crippen molar-refractivity contribution in [2.45, 2.75) is 13.3 Å². The number of nitrogen functional groups attached to an aromatic ring is 1. The number of nitrogens with two attached hydrogens (primary N) is 1. The zero-order chi connectivity index (χ0) is 11.3. The van der Waals surface area contributed by atoms with Gasteiger partial charge in [-0.05, 0) is 37.1 Å². The molecule has 0 bridgehead atoms. The lowest BCUT2D eigenvalue weighted by Crippen LogP contribution is -2.24. The minimum absolute atomic E-state index is 0.0608. The minimum atomic E-state index is -0.0608. The molecule has 3 heteroatoms. The molecule has 1 rings (SSSR count). The molecular weight excluding hydrogens is 188 g/mol. The molecule has 0 heterocycles. The van der Waals surface area contributed by atoms with E-state index in [1.54, 1.807) is 24.3 Å². The Bertz CT molecular complexity index is 372. The molecule has 1 aromatic rings. The van der Waals surface area contributed by atoms with Gasteiger partial charge in [-0.15, -0.1) is 6.58 Å². The number of carbonyl (C=O) groups is 1. The van der Waals surface area contributed by atoms with E-state index in [-0.39, 0.29) is 5.91 Å². The Balaban J connectivity index is 2.69. The van der Waals surface area contributed by atoms with Crippen LogP contribution in [0.4, 0.5) is 5.69 Å². The quantitative estimate of drug-likeness (QED) is 0.447. The third-order valence-corrected chi connectivity index (χ3v) is 2.13. The predicted molar refractivity (Wildman–Crippen MR) is 62.7 cm³/mol. The molecule has 0 aromatic heterocycles. The molecule has 0 atom stereocenters. The number of anilines is 1. The molecule has 0 saturated heterocycles. The van der Waals surface area contributed by atoms with Gasteiger partial charge in [-0.25, -0.2) is 0 Å². The van der Waals surface area contributed by atoms with Crippen LogP contribution in [0, 0.1) is 6.92 Å². The van der Waals surface area contributed by atoms with Gasteiger partial charge in [-0.1, -0.05) is 6.08 Å². The number of aryl methyl sites for hydroxylation is 1. The number of rotatable bonds is 4. The predicted octanol–water partition coefficient (Wildman–Crippen LogP) is 1.88. The number of amides is 1. The summed E-state index contributed by atoms with van der Waals surface area (Å²) in [6, 6.07) is 5.27. The van der Waals surface area contributed by atoms with Gasteiger partial charge in [-0.3, -0.25) is 4.79 Å². The van der Waals surface area contributed by atoms with E-state index >= 15 is 0 Å².